The Bertz CT molecular complexity index is 612. The van der Waals surface area contributed by atoms with E-state index in [0.717, 1.165) is 0 Å². The van der Waals surface area contributed by atoms with E-state index in [4.69, 9.17) is 0 Å². The predicted octanol–water partition coefficient (Wildman–Crippen LogP) is 2.08. The SMILES string of the molecule is CC(O)[Si](c1ccccc1)(c1ccccc1)c1ccccc1. The van der Waals surface area contributed by atoms with Gasteiger partial charge in [-0.3, -0.25) is 0 Å². The first-order valence-electron chi connectivity index (χ1n) is 7.61. The Morgan fingerprint density at radius 1 is 0.591 bits per heavy atom. The molecule has 0 aliphatic heterocycles. The summed E-state index contributed by atoms with van der Waals surface area (Å²) >= 11 is 0. The van der Waals surface area contributed by atoms with Crippen LogP contribution in [-0.4, -0.2) is 18.9 Å². The molecule has 22 heavy (non-hydrogen) atoms. The zero-order valence-electron chi connectivity index (χ0n) is 12.7. The molecule has 1 nitrogen and oxygen atoms in total. The average molecular weight is 304 g/mol. The van der Waals surface area contributed by atoms with Crippen molar-refractivity contribution >= 4 is 23.6 Å². The number of rotatable bonds is 4. The highest BCUT2D eigenvalue weighted by Crippen LogP contribution is 2.12. The minimum Gasteiger partial charge on any atom is -0.396 e. The van der Waals surface area contributed by atoms with Gasteiger partial charge < -0.3 is 5.11 Å². The van der Waals surface area contributed by atoms with Crippen molar-refractivity contribution in [3.63, 3.8) is 0 Å². The van der Waals surface area contributed by atoms with Gasteiger partial charge in [0.25, 0.3) is 0 Å². The second-order valence-corrected chi connectivity index (χ2v) is 9.77. The number of aliphatic hydroxyl groups excluding tert-OH is 1. The van der Waals surface area contributed by atoms with Gasteiger partial charge in [-0.05, 0) is 22.5 Å². The molecule has 3 aromatic carbocycles. The third kappa shape index (κ3) is 2.41. The van der Waals surface area contributed by atoms with Crippen molar-refractivity contribution in [2.24, 2.45) is 0 Å². The van der Waals surface area contributed by atoms with Crippen LogP contribution in [0.5, 0.6) is 0 Å². The van der Waals surface area contributed by atoms with E-state index in [2.05, 4.69) is 72.8 Å². The zero-order chi connectivity index (χ0) is 15.4. The van der Waals surface area contributed by atoms with Gasteiger partial charge in [-0.25, -0.2) is 0 Å². The monoisotopic (exact) mass is 304 g/mol. The average Bonchev–Trinajstić information content (AvgIpc) is 2.58. The van der Waals surface area contributed by atoms with Gasteiger partial charge in [0.2, 0.25) is 0 Å². The number of aliphatic hydroxyl groups is 1. The van der Waals surface area contributed by atoms with E-state index in [-0.39, 0.29) is 0 Å². The van der Waals surface area contributed by atoms with Gasteiger partial charge in [0.05, 0.1) is 5.73 Å². The van der Waals surface area contributed by atoms with E-state index in [1.807, 2.05) is 25.1 Å². The molecule has 0 fully saturated rings. The molecule has 0 bridgehead atoms. The lowest BCUT2D eigenvalue weighted by Crippen LogP contribution is -2.73. The zero-order valence-corrected chi connectivity index (χ0v) is 13.7. The summed E-state index contributed by atoms with van der Waals surface area (Å²) in [5.74, 6) is 0. The minimum atomic E-state index is -2.45. The summed E-state index contributed by atoms with van der Waals surface area (Å²) in [6, 6.07) is 31.4. The third-order valence-corrected chi connectivity index (χ3v) is 9.30. The Kier molecular flexibility index (Phi) is 4.23. The van der Waals surface area contributed by atoms with Gasteiger partial charge in [0.1, 0.15) is 0 Å². The van der Waals surface area contributed by atoms with Crippen LogP contribution in [0.4, 0.5) is 0 Å². The molecule has 3 aromatic rings. The molecule has 2 heteroatoms. The molecule has 0 saturated heterocycles. The number of hydrogen-bond acceptors (Lipinski definition) is 1. The molecule has 0 aromatic heterocycles. The minimum absolute atomic E-state index is 0.417. The highest BCUT2D eigenvalue weighted by atomic mass is 28.3. The van der Waals surface area contributed by atoms with Crippen LogP contribution < -0.4 is 15.6 Å². The Labute approximate surface area is 132 Å². The topological polar surface area (TPSA) is 20.2 Å². The summed E-state index contributed by atoms with van der Waals surface area (Å²) in [6.45, 7) is 1.93. The summed E-state index contributed by atoms with van der Waals surface area (Å²) < 4.78 is 0. The molecule has 1 N–H and O–H groups in total. The number of benzene rings is 3. The Morgan fingerprint density at radius 2 is 0.864 bits per heavy atom. The molecule has 0 heterocycles. The predicted molar refractivity (Wildman–Crippen MR) is 95.7 cm³/mol. The molecule has 0 spiro atoms. The molecular formula is C20H20OSi. The molecule has 0 amide bonds. The first kappa shape index (κ1) is 14.8. The lowest BCUT2D eigenvalue weighted by atomic mass is 10.3. The van der Waals surface area contributed by atoms with Gasteiger partial charge in [-0.2, -0.15) is 0 Å². The first-order valence-corrected chi connectivity index (χ1v) is 9.68. The molecule has 1 atom stereocenters. The Balaban J connectivity index is 2.34. The maximum atomic E-state index is 10.9. The summed E-state index contributed by atoms with van der Waals surface area (Å²) in [4.78, 5) is 0. The fraction of sp³-hybridized carbons (Fsp3) is 0.100. The van der Waals surface area contributed by atoms with E-state index in [1.54, 1.807) is 0 Å². The molecule has 110 valence electrons. The molecule has 0 aliphatic rings. The van der Waals surface area contributed by atoms with Crippen molar-refractivity contribution in [3.8, 4) is 0 Å². The van der Waals surface area contributed by atoms with Crippen LogP contribution in [0.3, 0.4) is 0 Å². The van der Waals surface area contributed by atoms with E-state index < -0.39 is 13.8 Å². The van der Waals surface area contributed by atoms with Gasteiger partial charge in [0, 0.05) is 0 Å². The fourth-order valence-electron chi connectivity index (χ4n) is 3.33. The molecule has 0 saturated carbocycles. The van der Waals surface area contributed by atoms with Gasteiger partial charge in [-0.15, -0.1) is 0 Å². The van der Waals surface area contributed by atoms with Crippen LogP contribution in [0, 0.1) is 0 Å². The van der Waals surface area contributed by atoms with Crippen molar-refractivity contribution in [3.05, 3.63) is 91.0 Å². The fourth-order valence-corrected chi connectivity index (χ4v) is 7.93. The second kappa shape index (κ2) is 6.30. The van der Waals surface area contributed by atoms with E-state index in [1.165, 1.54) is 15.6 Å². The standard InChI is InChI=1S/C20H20OSi/c1-17(21)22(18-11-5-2-6-12-18,19-13-7-3-8-14-19)20-15-9-4-10-16-20/h2-17,21H,1H3. The summed E-state index contributed by atoms with van der Waals surface area (Å²) in [7, 11) is -2.45. The van der Waals surface area contributed by atoms with Crippen LogP contribution in [-0.2, 0) is 0 Å². The summed E-state index contributed by atoms with van der Waals surface area (Å²) in [6.07, 6.45) is 0. The normalized spacial score (nSPS) is 12.8. The molecule has 3 rings (SSSR count). The van der Waals surface area contributed by atoms with Crippen LogP contribution >= 0.6 is 0 Å². The van der Waals surface area contributed by atoms with Crippen molar-refractivity contribution in [1.82, 2.24) is 0 Å². The van der Waals surface area contributed by atoms with Crippen molar-refractivity contribution in [1.29, 1.82) is 0 Å². The lowest BCUT2D eigenvalue weighted by molar-refractivity contribution is 0.268. The van der Waals surface area contributed by atoms with Crippen LogP contribution in [0.1, 0.15) is 6.92 Å². The van der Waals surface area contributed by atoms with Gasteiger partial charge >= 0.3 is 0 Å². The quantitative estimate of drug-likeness (QED) is 0.578. The van der Waals surface area contributed by atoms with Crippen LogP contribution in [0.25, 0.3) is 0 Å². The highest BCUT2D eigenvalue weighted by Gasteiger charge is 2.43. The maximum absolute atomic E-state index is 10.9. The third-order valence-electron chi connectivity index (χ3n) is 4.31. The Morgan fingerprint density at radius 3 is 1.09 bits per heavy atom. The second-order valence-electron chi connectivity index (χ2n) is 5.58. The smallest absolute Gasteiger partial charge is 0.178 e. The van der Waals surface area contributed by atoms with E-state index in [9.17, 15) is 5.11 Å². The summed E-state index contributed by atoms with van der Waals surface area (Å²) in [5, 5.41) is 14.6. The van der Waals surface area contributed by atoms with Crippen molar-refractivity contribution < 1.29 is 5.11 Å². The molecule has 1 unspecified atom stereocenters. The molecule has 0 radical (unpaired) electrons. The van der Waals surface area contributed by atoms with E-state index in [0.29, 0.717) is 0 Å². The van der Waals surface area contributed by atoms with Crippen LogP contribution in [0.2, 0.25) is 0 Å². The van der Waals surface area contributed by atoms with Crippen molar-refractivity contribution in [2.75, 3.05) is 0 Å². The summed E-state index contributed by atoms with van der Waals surface area (Å²) in [5.41, 5.74) is -0.417. The molecular weight excluding hydrogens is 284 g/mol. The first-order chi connectivity index (χ1) is 10.8. The Hall–Kier alpha value is -2.16. The number of hydrogen-bond donors (Lipinski definition) is 1. The maximum Gasteiger partial charge on any atom is 0.178 e. The van der Waals surface area contributed by atoms with Crippen LogP contribution in [0.15, 0.2) is 91.0 Å². The highest BCUT2D eigenvalue weighted by molar-refractivity contribution is 7.12. The van der Waals surface area contributed by atoms with Gasteiger partial charge in [-0.1, -0.05) is 91.0 Å². The van der Waals surface area contributed by atoms with Crippen molar-refractivity contribution in [2.45, 2.75) is 12.7 Å². The largest absolute Gasteiger partial charge is 0.396 e. The molecule has 0 aliphatic carbocycles. The lowest BCUT2D eigenvalue weighted by Gasteiger charge is -2.36. The van der Waals surface area contributed by atoms with E-state index >= 15 is 0 Å². The van der Waals surface area contributed by atoms with Gasteiger partial charge in [0.15, 0.2) is 8.07 Å².